The van der Waals surface area contributed by atoms with Crippen LogP contribution in [-0.2, 0) is 4.79 Å². The Balaban J connectivity index is 2.91. The largest absolute Gasteiger partial charge is 0.478 e. The molecule has 0 atom stereocenters. The summed E-state index contributed by atoms with van der Waals surface area (Å²) in [4.78, 5) is 13.3. The quantitative estimate of drug-likeness (QED) is 0.672. The van der Waals surface area contributed by atoms with Crippen molar-refractivity contribution >= 4 is 11.5 Å². The zero-order valence-electron chi connectivity index (χ0n) is 6.87. The highest BCUT2D eigenvalue weighted by molar-refractivity contribution is 5.89. The van der Waals surface area contributed by atoms with Crippen molar-refractivity contribution in [3.05, 3.63) is 30.1 Å². The van der Waals surface area contributed by atoms with Crippen LogP contribution in [0.1, 0.15) is 18.9 Å². The number of rotatable bonds is 3. The second-order valence-electron chi connectivity index (χ2n) is 2.46. The van der Waals surface area contributed by atoms with Gasteiger partial charge in [0.05, 0.1) is 0 Å². The second kappa shape index (κ2) is 3.76. The van der Waals surface area contributed by atoms with E-state index in [1.807, 2.05) is 13.0 Å². The van der Waals surface area contributed by atoms with Crippen molar-refractivity contribution in [3.63, 3.8) is 0 Å². The molecule has 0 aliphatic rings. The van der Waals surface area contributed by atoms with E-state index in [2.05, 4.69) is 4.98 Å². The molecule has 0 amide bonds. The summed E-state index contributed by atoms with van der Waals surface area (Å²) < 4.78 is 0. The van der Waals surface area contributed by atoms with Crippen LogP contribution in [0.2, 0.25) is 0 Å². The first kappa shape index (κ1) is 8.59. The molecule has 0 bridgehead atoms. The van der Waals surface area contributed by atoms with E-state index < -0.39 is 5.97 Å². The summed E-state index contributed by atoms with van der Waals surface area (Å²) in [6.45, 7) is 1.93. The molecule has 0 aliphatic carbocycles. The first-order valence-electron chi connectivity index (χ1n) is 3.80. The van der Waals surface area contributed by atoms with Crippen LogP contribution in [0.3, 0.4) is 0 Å². The van der Waals surface area contributed by atoms with Crippen LogP contribution in [0.5, 0.6) is 0 Å². The summed E-state index contributed by atoms with van der Waals surface area (Å²) in [6, 6.07) is 1.86. The Morgan fingerprint density at radius 2 is 2.50 bits per heavy atom. The third-order valence-electron chi connectivity index (χ3n) is 1.65. The molecule has 0 saturated heterocycles. The van der Waals surface area contributed by atoms with Gasteiger partial charge >= 0.3 is 5.97 Å². The molecule has 1 aromatic heterocycles. The normalized spacial score (nSPS) is 11.6. The van der Waals surface area contributed by atoms with Crippen molar-refractivity contribution in [3.8, 4) is 0 Å². The number of aromatic nitrogens is 1. The van der Waals surface area contributed by atoms with Crippen LogP contribution >= 0.6 is 0 Å². The molecule has 0 saturated carbocycles. The summed E-state index contributed by atoms with van der Waals surface area (Å²) in [5.41, 5.74) is 1.78. The van der Waals surface area contributed by atoms with E-state index in [9.17, 15) is 4.79 Å². The smallest absolute Gasteiger partial charge is 0.328 e. The first-order valence-corrected chi connectivity index (χ1v) is 3.80. The zero-order valence-corrected chi connectivity index (χ0v) is 6.87. The lowest BCUT2D eigenvalue weighted by molar-refractivity contribution is -0.131. The summed E-state index contributed by atoms with van der Waals surface area (Å²) >= 11 is 0. The van der Waals surface area contributed by atoms with E-state index in [1.54, 1.807) is 12.4 Å². The molecule has 0 aromatic carbocycles. The van der Waals surface area contributed by atoms with Gasteiger partial charge < -0.3 is 10.1 Å². The van der Waals surface area contributed by atoms with Crippen molar-refractivity contribution in [1.82, 2.24) is 4.98 Å². The van der Waals surface area contributed by atoms with Crippen molar-refractivity contribution in [2.24, 2.45) is 0 Å². The number of carboxylic acids is 1. The summed E-state index contributed by atoms with van der Waals surface area (Å²) in [5.74, 6) is -0.895. The number of hydrogen-bond acceptors (Lipinski definition) is 1. The number of allylic oxidation sites excluding steroid dienone is 1. The Kier molecular flexibility index (Phi) is 2.69. The fourth-order valence-electron chi connectivity index (χ4n) is 1.06. The second-order valence-corrected chi connectivity index (χ2v) is 2.46. The highest BCUT2D eigenvalue weighted by Crippen LogP contribution is 2.16. The van der Waals surface area contributed by atoms with Gasteiger partial charge in [0.2, 0.25) is 0 Å². The Labute approximate surface area is 70.7 Å². The molecule has 1 aromatic rings. The number of hydrogen-bond donors (Lipinski definition) is 2. The molecular formula is C9H11NO2. The van der Waals surface area contributed by atoms with Crippen LogP contribution < -0.4 is 0 Å². The van der Waals surface area contributed by atoms with Crippen molar-refractivity contribution in [1.29, 1.82) is 0 Å². The van der Waals surface area contributed by atoms with Crippen molar-refractivity contribution in [2.75, 3.05) is 0 Å². The van der Waals surface area contributed by atoms with Gasteiger partial charge in [-0.05, 0) is 23.6 Å². The predicted octanol–water partition coefficient (Wildman–Crippen LogP) is 1.89. The molecule has 0 spiro atoms. The lowest BCUT2D eigenvalue weighted by Gasteiger charge is -1.97. The van der Waals surface area contributed by atoms with Gasteiger partial charge in [-0.1, -0.05) is 6.92 Å². The van der Waals surface area contributed by atoms with Crippen LogP contribution in [-0.4, -0.2) is 16.1 Å². The number of aromatic amines is 1. The van der Waals surface area contributed by atoms with E-state index in [0.717, 1.165) is 17.6 Å². The number of nitrogens with one attached hydrogen (secondary N) is 1. The summed E-state index contributed by atoms with van der Waals surface area (Å²) in [7, 11) is 0. The molecule has 64 valence electrons. The van der Waals surface area contributed by atoms with Gasteiger partial charge in [-0.25, -0.2) is 4.79 Å². The molecule has 0 aliphatic heterocycles. The van der Waals surface area contributed by atoms with E-state index in [-0.39, 0.29) is 0 Å². The number of carbonyl (C=O) groups is 1. The zero-order chi connectivity index (χ0) is 8.97. The summed E-state index contributed by atoms with van der Waals surface area (Å²) in [5, 5.41) is 8.53. The average molecular weight is 165 g/mol. The maximum atomic E-state index is 10.4. The van der Waals surface area contributed by atoms with Crippen LogP contribution in [0.25, 0.3) is 5.57 Å². The van der Waals surface area contributed by atoms with Gasteiger partial charge in [0.15, 0.2) is 0 Å². The Hall–Kier alpha value is -1.51. The molecule has 3 heteroatoms. The van der Waals surface area contributed by atoms with E-state index in [1.165, 1.54) is 6.08 Å². The number of carboxylic acid groups (broad SMARTS) is 1. The predicted molar refractivity (Wildman–Crippen MR) is 46.7 cm³/mol. The standard InChI is InChI=1S/C9H11NO2/c1-2-7(5-9(11)12)8-3-4-10-6-8/h3-6,10H,2H2,1H3,(H,11,12)/b7-5-. The topological polar surface area (TPSA) is 53.1 Å². The molecule has 12 heavy (non-hydrogen) atoms. The fraction of sp³-hybridized carbons (Fsp3) is 0.222. The third kappa shape index (κ3) is 1.99. The molecule has 1 heterocycles. The van der Waals surface area contributed by atoms with E-state index in [0.29, 0.717) is 0 Å². The Morgan fingerprint density at radius 3 is 2.92 bits per heavy atom. The summed E-state index contributed by atoms with van der Waals surface area (Å²) in [6.07, 6.45) is 5.53. The molecule has 0 unspecified atom stereocenters. The monoisotopic (exact) mass is 165 g/mol. The number of H-pyrrole nitrogens is 1. The molecule has 2 N–H and O–H groups in total. The van der Waals surface area contributed by atoms with E-state index in [4.69, 9.17) is 5.11 Å². The lowest BCUT2D eigenvalue weighted by atomic mass is 10.1. The van der Waals surface area contributed by atoms with Crippen LogP contribution in [0.4, 0.5) is 0 Å². The number of aliphatic carboxylic acids is 1. The molecular weight excluding hydrogens is 154 g/mol. The SMILES string of the molecule is CC/C(=C/C(=O)O)c1cc[nH]c1. The first-order chi connectivity index (χ1) is 5.74. The van der Waals surface area contributed by atoms with Crippen molar-refractivity contribution < 1.29 is 9.90 Å². The Morgan fingerprint density at radius 1 is 1.75 bits per heavy atom. The minimum atomic E-state index is -0.895. The third-order valence-corrected chi connectivity index (χ3v) is 1.65. The van der Waals surface area contributed by atoms with E-state index >= 15 is 0 Å². The van der Waals surface area contributed by atoms with Gasteiger partial charge in [-0.2, -0.15) is 0 Å². The highest BCUT2D eigenvalue weighted by Gasteiger charge is 2.00. The lowest BCUT2D eigenvalue weighted by Crippen LogP contribution is -1.90. The maximum absolute atomic E-state index is 10.4. The average Bonchev–Trinajstić information content (AvgIpc) is 2.51. The molecule has 3 nitrogen and oxygen atoms in total. The van der Waals surface area contributed by atoms with Crippen LogP contribution in [0.15, 0.2) is 24.5 Å². The highest BCUT2D eigenvalue weighted by atomic mass is 16.4. The molecule has 0 fully saturated rings. The maximum Gasteiger partial charge on any atom is 0.328 e. The van der Waals surface area contributed by atoms with Gasteiger partial charge in [0, 0.05) is 18.5 Å². The van der Waals surface area contributed by atoms with Gasteiger partial charge in [-0.3, -0.25) is 0 Å². The Bertz CT molecular complexity index is 285. The van der Waals surface area contributed by atoms with Gasteiger partial charge in [0.25, 0.3) is 0 Å². The molecule has 0 radical (unpaired) electrons. The van der Waals surface area contributed by atoms with Crippen molar-refractivity contribution in [2.45, 2.75) is 13.3 Å². The molecule has 1 rings (SSSR count). The van der Waals surface area contributed by atoms with Gasteiger partial charge in [0.1, 0.15) is 0 Å². The minimum absolute atomic E-state index is 0.726. The fourth-order valence-corrected chi connectivity index (χ4v) is 1.06. The van der Waals surface area contributed by atoms with Crippen LogP contribution in [0, 0.1) is 0 Å². The van der Waals surface area contributed by atoms with Gasteiger partial charge in [-0.15, -0.1) is 0 Å². The minimum Gasteiger partial charge on any atom is -0.478 e.